The molecule has 9 heteroatoms. The van der Waals surface area contributed by atoms with Crippen molar-refractivity contribution in [3.05, 3.63) is 80.9 Å². The summed E-state index contributed by atoms with van der Waals surface area (Å²) in [5.74, 6) is -0.133. The van der Waals surface area contributed by atoms with Crippen LogP contribution in [0.5, 0.6) is 5.75 Å². The van der Waals surface area contributed by atoms with Crippen LogP contribution in [0, 0.1) is 6.92 Å². The van der Waals surface area contributed by atoms with E-state index in [-0.39, 0.29) is 16.4 Å². The fraction of sp³-hybridized carbons (Fsp3) is 0.200. The van der Waals surface area contributed by atoms with Crippen LogP contribution in [-0.2, 0) is 7.05 Å². The Hall–Kier alpha value is -3.91. The molecular formula is C25H23ClN4O4. The average Bonchev–Trinajstić information content (AvgIpc) is 2.82. The number of aryl methyl sites for hydroxylation is 1. The number of hydrogen-bond acceptors (Lipinski definition) is 6. The van der Waals surface area contributed by atoms with E-state index in [2.05, 4.69) is 10.3 Å². The summed E-state index contributed by atoms with van der Waals surface area (Å²) in [7, 11) is 3.25. The lowest BCUT2D eigenvalue weighted by atomic mass is 10.0. The Kier molecular flexibility index (Phi) is 6.26. The first kappa shape index (κ1) is 23.3. The number of ether oxygens (including phenoxy) is 1. The van der Waals surface area contributed by atoms with Gasteiger partial charge in [0.25, 0.3) is 5.56 Å². The molecule has 34 heavy (non-hydrogen) atoms. The van der Waals surface area contributed by atoms with E-state index < -0.39 is 12.0 Å². The molecule has 0 aliphatic heterocycles. The van der Waals surface area contributed by atoms with Crippen molar-refractivity contribution in [1.29, 1.82) is 0 Å². The summed E-state index contributed by atoms with van der Waals surface area (Å²) in [5, 5.41) is 13.3. The van der Waals surface area contributed by atoms with Crippen molar-refractivity contribution in [3.8, 4) is 17.1 Å². The summed E-state index contributed by atoms with van der Waals surface area (Å²) in [6.45, 7) is 3.77. The van der Waals surface area contributed by atoms with E-state index in [1.54, 1.807) is 26.3 Å². The van der Waals surface area contributed by atoms with Gasteiger partial charge in [-0.2, -0.15) is 0 Å². The highest BCUT2D eigenvalue weighted by atomic mass is 35.5. The van der Waals surface area contributed by atoms with Crippen molar-refractivity contribution in [2.75, 3.05) is 12.4 Å². The van der Waals surface area contributed by atoms with Gasteiger partial charge in [0.15, 0.2) is 5.69 Å². The first-order valence-corrected chi connectivity index (χ1v) is 10.9. The van der Waals surface area contributed by atoms with Gasteiger partial charge in [-0.05, 0) is 49.7 Å². The fourth-order valence-corrected chi connectivity index (χ4v) is 4.13. The SMILES string of the molecule is COc1ccccc1-c1nc2c([C@@H](C)Nc3ccc(Cl)nc3C(=O)O)cc(C)cc2c(=O)n1C. The Morgan fingerprint density at radius 3 is 2.62 bits per heavy atom. The number of carboxylic acids is 1. The van der Waals surface area contributed by atoms with E-state index in [0.717, 1.165) is 11.1 Å². The monoisotopic (exact) mass is 478 g/mol. The maximum atomic E-state index is 13.3. The molecular weight excluding hydrogens is 456 g/mol. The number of aromatic nitrogens is 3. The highest BCUT2D eigenvalue weighted by molar-refractivity contribution is 6.29. The zero-order valence-corrected chi connectivity index (χ0v) is 19.8. The van der Waals surface area contributed by atoms with Crippen molar-refractivity contribution in [3.63, 3.8) is 0 Å². The van der Waals surface area contributed by atoms with E-state index in [9.17, 15) is 14.7 Å². The lowest BCUT2D eigenvalue weighted by molar-refractivity contribution is 0.0691. The van der Waals surface area contributed by atoms with Gasteiger partial charge >= 0.3 is 5.97 Å². The van der Waals surface area contributed by atoms with Crippen LogP contribution in [-0.4, -0.2) is 32.7 Å². The second-order valence-corrected chi connectivity index (χ2v) is 8.34. The number of methoxy groups -OCH3 is 1. The van der Waals surface area contributed by atoms with Crippen molar-refractivity contribution in [2.24, 2.45) is 7.05 Å². The molecule has 8 nitrogen and oxygen atoms in total. The number of fused-ring (bicyclic) bond motifs is 1. The van der Waals surface area contributed by atoms with Crippen LogP contribution in [0.15, 0.2) is 53.3 Å². The predicted molar refractivity (Wildman–Crippen MR) is 132 cm³/mol. The molecule has 0 saturated carbocycles. The third-order valence-corrected chi connectivity index (χ3v) is 5.81. The quantitative estimate of drug-likeness (QED) is 0.382. The van der Waals surface area contributed by atoms with Crippen LogP contribution in [0.25, 0.3) is 22.3 Å². The molecule has 4 aromatic rings. The summed E-state index contributed by atoms with van der Waals surface area (Å²) in [6.07, 6.45) is 0. The maximum absolute atomic E-state index is 13.3. The number of nitrogens with zero attached hydrogens (tertiary/aromatic N) is 3. The number of rotatable bonds is 6. The van der Waals surface area contributed by atoms with E-state index in [1.807, 2.05) is 44.2 Å². The standard InChI is InChI=1S/C25H23ClN4O4/c1-13-11-16(14(2)27-18-9-10-20(26)28-22(18)25(32)33)21-17(12-13)24(31)30(3)23(29-21)15-7-5-6-8-19(15)34-4/h5-12,14,27H,1-4H3,(H,32,33)/t14-/m1/s1. The van der Waals surface area contributed by atoms with Crippen LogP contribution in [0.3, 0.4) is 0 Å². The summed E-state index contributed by atoms with van der Waals surface area (Å²) >= 11 is 5.89. The van der Waals surface area contributed by atoms with Gasteiger partial charge in [-0.3, -0.25) is 9.36 Å². The van der Waals surface area contributed by atoms with Gasteiger partial charge in [-0.15, -0.1) is 0 Å². The van der Waals surface area contributed by atoms with E-state index in [4.69, 9.17) is 21.3 Å². The number of aromatic carboxylic acids is 1. The molecule has 0 amide bonds. The minimum atomic E-state index is -1.20. The van der Waals surface area contributed by atoms with E-state index in [1.165, 1.54) is 10.6 Å². The largest absolute Gasteiger partial charge is 0.496 e. The van der Waals surface area contributed by atoms with Crippen molar-refractivity contribution < 1.29 is 14.6 Å². The number of carboxylic acid groups (broad SMARTS) is 1. The topological polar surface area (TPSA) is 106 Å². The molecule has 0 radical (unpaired) electrons. The molecule has 0 spiro atoms. The normalized spacial score (nSPS) is 11.9. The highest BCUT2D eigenvalue weighted by Crippen LogP contribution is 2.32. The Bertz CT molecular complexity index is 1480. The summed E-state index contributed by atoms with van der Waals surface area (Å²) in [5.41, 5.74) is 2.77. The molecule has 0 fully saturated rings. The Balaban J connectivity index is 1.91. The first-order chi connectivity index (χ1) is 16.2. The smallest absolute Gasteiger partial charge is 0.356 e. The number of pyridine rings is 1. The van der Waals surface area contributed by atoms with Gasteiger partial charge in [0.2, 0.25) is 0 Å². The molecule has 0 bridgehead atoms. The van der Waals surface area contributed by atoms with Crippen molar-refractivity contribution in [2.45, 2.75) is 19.9 Å². The van der Waals surface area contributed by atoms with Crippen LogP contribution in [0.2, 0.25) is 5.15 Å². The zero-order chi connectivity index (χ0) is 24.6. The number of benzene rings is 2. The number of nitrogens with one attached hydrogen (secondary N) is 1. The molecule has 1 atom stereocenters. The third-order valence-electron chi connectivity index (χ3n) is 5.60. The fourth-order valence-electron chi connectivity index (χ4n) is 3.98. The Morgan fingerprint density at radius 2 is 1.91 bits per heavy atom. The van der Waals surface area contributed by atoms with Gasteiger partial charge in [-0.1, -0.05) is 29.8 Å². The van der Waals surface area contributed by atoms with Crippen molar-refractivity contribution in [1.82, 2.24) is 14.5 Å². The summed E-state index contributed by atoms with van der Waals surface area (Å²) < 4.78 is 6.99. The van der Waals surface area contributed by atoms with Crippen LogP contribution in [0.4, 0.5) is 5.69 Å². The second kappa shape index (κ2) is 9.15. The van der Waals surface area contributed by atoms with Gasteiger partial charge in [0.05, 0.1) is 35.3 Å². The highest BCUT2D eigenvalue weighted by Gasteiger charge is 2.21. The number of para-hydroxylation sites is 1. The molecule has 174 valence electrons. The van der Waals surface area contributed by atoms with Gasteiger partial charge in [-0.25, -0.2) is 14.8 Å². The number of anilines is 1. The lowest BCUT2D eigenvalue weighted by Gasteiger charge is -2.20. The van der Waals surface area contributed by atoms with Crippen LogP contribution >= 0.6 is 11.6 Å². The molecule has 4 rings (SSSR count). The molecule has 2 aromatic carbocycles. The molecule has 2 N–H and O–H groups in total. The first-order valence-electron chi connectivity index (χ1n) is 10.5. The minimum Gasteiger partial charge on any atom is -0.496 e. The number of carbonyl (C=O) groups is 1. The molecule has 0 aliphatic carbocycles. The minimum absolute atomic E-state index is 0.0863. The predicted octanol–water partition coefficient (Wildman–Crippen LogP) is 4.84. The zero-order valence-electron chi connectivity index (χ0n) is 19.1. The van der Waals surface area contributed by atoms with Gasteiger partial charge < -0.3 is 15.2 Å². The third kappa shape index (κ3) is 4.20. The number of hydrogen-bond donors (Lipinski definition) is 2. The number of halogens is 1. The Morgan fingerprint density at radius 1 is 1.18 bits per heavy atom. The molecule has 0 aliphatic rings. The van der Waals surface area contributed by atoms with Gasteiger partial charge in [0, 0.05) is 12.6 Å². The van der Waals surface area contributed by atoms with Crippen LogP contribution in [0.1, 0.15) is 34.6 Å². The van der Waals surface area contributed by atoms with Crippen molar-refractivity contribution >= 4 is 34.2 Å². The molecule has 0 unspecified atom stereocenters. The summed E-state index contributed by atoms with van der Waals surface area (Å²) in [4.78, 5) is 33.8. The average molecular weight is 479 g/mol. The van der Waals surface area contributed by atoms with Gasteiger partial charge in [0.1, 0.15) is 16.7 Å². The maximum Gasteiger partial charge on any atom is 0.356 e. The van der Waals surface area contributed by atoms with E-state index in [0.29, 0.717) is 33.7 Å². The molecule has 2 aromatic heterocycles. The second-order valence-electron chi connectivity index (χ2n) is 7.95. The summed E-state index contributed by atoms with van der Waals surface area (Å²) in [6, 6.07) is 13.8. The van der Waals surface area contributed by atoms with E-state index >= 15 is 0 Å². The lowest BCUT2D eigenvalue weighted by Crippen LogP contribution is -2.22. The van der Waals surface area contributed by atoms with Crippen LogP contribution < -0.4 is 15.6 Å². The molecule has 2 heterocycles. The Labute approximate surface area is 200 Å². The molecule has 0 saturated heterocycles.